The lowest BCUT2D eigenvalue weighted by atomic mass is 10.1. The van der Waals surface area contributed by atoms with Crippen LogP contribution in [-0.4, -0.2) is 50.1 Å². The summed E-state index contributed by atoms with van der Waals surface area (Å²) in [5.74, 6) is -0.191. The van der Waals surface area contributed by atoms with Crippen LogP contribution in [0.2, 0.25) is 0 Å². The number of nitrogens with one attached hydrogen (secondary N) is 2. The second-order valence-electron chi connectivity index (χ2n) is 8.26. The second kappa shape index (κ2) is 11.9. The van der Waals surface area contributed by atoms with E-state index in [1.165, 1.54) is 19.2 Å². The van der Waals surface area contributed by atoms with Gasteiger partial charge in [-0.25, -0.2) is 17.5 Å². The Kier molecular flexibility index (Phi) is 8.95. The van der Waals surface area contributed by atoms with Crippen molar-refractivity contribution >= 4 is 15.9 Å². The Morgan fingerprint density at radius 2 is 1.74 bits per heavy atom. The van der Waals surface area contributed by atoms with Crippen LogP contribution in [0.5, 0.6) is 0 Å². The summed E-state index contributed by atoms with van der Waals surface area (Å²) < 4.78 is 38.9. The molecule has 0 saturated heterocycles. The molecule has 0 atom stereocenters. The molecule has 0 fully saturated rings. The molecule has 0 aliphatic heterocycles. The van der Waals surface area contributed by atoms with E-state index < -0.39 is 10.0 Å². The average Bonchev–Trinajstić information content (AvgIpc) is 3.31. The summed E-state index contributed by atoms with van der Waals surface area (Å²) in [6, 6.07) is 14.9. The van der Waals surface area contributed by atoms with E-state index in [0.29, 0.717) is 19.4 Å². The first-order valence-electron chi connectivity index (χ1n) is 11.3. The van der Waals surface area contributed by atoms with Crippen molar-refractivity contribution in [2.75, 3.05) is 20.6 Å². The third-order valence-corrected chi connectivity index (χ3v) is 7.20. The molecular formula is C25H31FN4O3S. The van der Waals surface area contributed by atoms with Gasteiger partial charge in [0.05, 0.1) is 10.6 Å². The first kappa shape index (κ1) is 25.6. The first-order valence-corrected chi connectivity index (χ1v) is 12.8. The van der Waals surface area contributed by atoms with Gasteiger partial charge in [0.25, 0.3) is 0 Å². The van der Waals surface area contributed by atoms with Gasteiger partial charge in [-0.2, -0.15) is 5.10 Å². The number of nitrogens with zero attached hydrogens (tertiary/aromatic N) is 2. The van der Waals surface area contributed by atoms with Crippen LogP contribution >= 0.6 is 0 Å². The molecule has 0 bridgehead atoms. The zero-order valence-electron chi connectivity index (χ0n) is 19.6. The number of halogens is 1. The summed E-state index contributed by atoms with van der Waals surface area (Å²) in [6.45, 7) is 0.696. The van der Waals surface area contributed by atoms with Crippen LogP contribution < -0.4 is 4.72 Å². The minimum Gasteiger partial charge on any atom is -0.346 e. The van der Waals surface area contributed by atoms with E-state index in [1.54, 1.807) is 41.3 Å². The number of rotatable bonds is 12. The van der Waals surface area contributed by atoms with Crippen LogP contribution in [-0.2, 0) is 27.7 Å². The average molecular weight is 487 g/mol. The number of carbonyl (C=O) groups excluding carboxylic acids is 1. The quantitative estimate of drug-likeness (QED) is 0.379. The number of unbranched alkanes of at least 4 members (excludes halogenated alkanes) is 2. The summed E-state index contributed by atoms with van der Waals surface area (Å²) in [5, 5.41) is 7.34. The summed E-state index contributed by atoms with van der Waals surface area (Å²) in [6.07, 6.45) is 4.70. The molecule has 0 radical (unpaired) electrons. The molecule has 0 spiro atoms. The van der Waals surface area contributed by atoms with Crippen molar-refractivity contribution in [1.29, 1.82) is 0 Å². The number of hydrogen-bond donors (Lipinski definition) is 2. The topological polar surface area (TPSA) is 95.2 Å². The Hall–Kier alpha value is -3.04. The highest BCUT2D eigenvalue weighted by atomic mass is 32.2. The second-order valence-corrected chi connectivity index (χ2v) is 10.1. The maximum absolute atomic E-state index is 13.1. The normalized spacial score (nSPS) is 11.5. The fourth-order valence-electron chi connectivity index (χ4n) is 3.62. The van der Waals surface area contributed by atoms with Crippen LogP contribution in [0, 0.1) is 5.82 Å². The van der Waals surface area contributed by atoms with E-state index in [0.717, 1.165) is 48.2 Å². The number of aromatic nitrogens is 2. The molecule has 0 aliphatic rings. The van der Waals surface area contributed by atoms with Gasteiger partial charge in [0.15, 0.2) is 0 Å². The van der Waals surface area contributed by atoms with E-state index in [2.05, 4.69) is 14.9 Å². The molecule has 34 heavy (non-hydrogen) atoms. The fraction of sp³-hybridized carbons (Fsp3) is 0.360. The highest BCUT2D eigenvalue weighted by molar-refractivity contribution is 7.89. The van der Waals surface area contributed by atoms with Crippen molar-refractivity contribution in [1.82, 2.24) is 19.8 Å². The molecule has 2 N–H and O–H groups in total. The highest BCUT2D eigenvalue weighted by Crippen LogP contribution is 2.19. The van der Waals surface area contributed by atoms with Crippen molar-refractivity contribution in [2.24, 2.45) is 0 Å². The number of amides is 1. The van der Waals surface area contributed by atoms with Gasteiger partial charge in [-0.3, -0.25) is 9.89 Å². The minimum atomic E-state index is -3.45. The van der Waals surface area contributed by atoms with Crippen molar-refractivity contribution in [3.05, 3.63) is 71.7 Å². The van der Waals surface area contributed by atoms with Crippen molar-refractivity contribution in [2.45, 2.75) is 43.4 Å². The van der Waals surface area contributed by atoms with Crippen LogP contribution in [0.4, 0.5) is 4.39 Å². The zero-order valence-corrected chi connectivity index (χ0v) is 20.4. The van der Waals surface area contributed by atoms with Gasteiger partial charge in [-0.1, -0.05) is 18.6 Å². The lowest BCUT2D eigenvalue weighted by molar-refractivity contribution is -0.129. The summed E-state index contributed by atoms with van der Waals surface area (Å²) in [4.78, 5) is 14.4. The largest absolute Gasteiger partial charge is 0.346 e. The standard InChI is InChI=1S/C25H31FN4O3S/c1-27-34(32,33)23-14-7-19(8-15-23)9-16-25(31)30(2)17-5-3-4-6-22-18-24(29-28-22)20-10-12-21(26)13-11-20/h7-8,10-15,18,27H,3-6,9,16-17H2,1-2H3,(H,28,29). The number of benzene rings is 2. The van der Waals surface area contributed by atoms with Crippen LogP contribution in [0.15, 0.2) is 59.5 Å². The molecule has 9 heteroatoms. The minimum absolute atomic E-state index is 0.0735. The number of aromatic amines is 1. The number of sulfonamides is 1. The van der Waals surface area contributed by atoms with E-state index >= 15 is 0 Å². The monoisotopic (exact) mass is 486 g/mol. The summed E-state index contributed by atoms with van der Waals surface area (Å²) in [5.41, 5.74) is 3.65. The van der Waals surface area contributed by atoms with Gasteiger partial charge in [0.1, 0.15) is 5.82 Å². The van der Waals surface area contributed by atoms with Crippen molar-refractivity contribution < 1.29 is 17.6 Å². The Morgan fingerprint density at radius 1 is 1.03 bits per heavy atom. The van der Waals surface area contributed by atoms with E-state index in [4.69, 9.17) is 0 Å². The molecule has 7 nitrogen and oxygen atoms in total. The maximum Gasteiger partial charge on any atom is 0.240 e. The molecule has 1 heterocycles. The Balaban J connectivity index is 1.34. The molecular weight excluding hydrogens is 455 g/mol. The number of carbonyl (C=O) groups is 1. The van der Waals surface area contributed by atoms with Gasteiger partial charge in [0.2, 0.25) is 15.9 Å². The summed E-state index contributed by atoms with van der Waals surface area (Å²) >= 11 is 0. The van der Waals surface area contributed by atoms with Gasteiger partial charge in [-0.05, 0) is 80.8 Å². The molecule has 182 valence electrons. The number of H-pyrrole nitrogens is 1. The SMILES string of the molecule is CNS(=O)(=O)c1ccc(CCC(=O)N(C)CCCCCc2cc(-c3ccc(F)cc3)n[nH]2)cc1. The van der Waals surface area contributed by atoms with E-state index in [-0.39, 0.29) is 16.6 Å². The Bertz CT molecular complexity index is 1180. The highest BCUT2D eigenvalue weighted by Gasteiger charge is 2.12. The Labute approximate surface area is 200 Å². The predicted octanol–water partition coefficient (Wildman–Crippen LogP) is 3.93. The molecule has 1 amide bonds. The summed E-state index contributed by atoms with van der Waals surface area (Å²) in [7, 11) is -0.259. The van der Waals surface area contributed by atoms with Gasteiger partial charge >= 0.3 is 0 Å². The predicted molar refractivity (Wildman–Crippen MR) is 130 cm³/mol. The van der Waals surface area contributed by atoms with Crippen LogP contribution in [0.3, 0.4) is 0 Å². The van der Waals surface area contributed by atoms with Crippen LogP contribution in [0.1, 0.15) is 36.9 Å². The van der Waals surface area contributed by atoms with Crippen LogP contribution in [0.25, 0.3) is 11.3 Å². The molecule has 0 unspecified atom stereocenters. The zero-order chi connectivity index (χ0) is 24.6. The van der Waals surface area contributed by atoms with E-state index in [1.807, 2.05) is 13.1 Å². The lowest BCUT2D eigenvalue weighted by Crippen LogP contribution is -2.27. The maximum atomic E-state index is 13.1. The lowest BCUT2D eigenvalue weighted by Gasteiger charge is -2.17. The van der Waals surface area contributed by atoms with Gasteiger partial charge in [-0.15, -0.1) is 0 Å². The van der Waals surface area contributed by atoms with Crippen molar-refractivity contribution in [3.8, 4) is 11.3 Å². The van der Waals surface area contributed by atoms with Gasteiger partial charge in [0, 0.05) is 31.3 Å². The first-order chi connectivity index (χ1) is 16.3. The molecule has 2 aromatic carbocycles. The molecule has 3 aromatic rings. The van der Waals surface area contributed by atoms with Gasteiger partial charge < -0.3 is 4.90 Å². The fourth-order valence-corrected chi connectivity index (χ4v) is 4.35. The number of hydrogen-bond acceptors (Lipinski definition) is 4. The molecule has 0 aliphatic carbocycles. The third-order valence-electron chi connectivity index (χ3n) is 5.77. The smallest absolute Gasteiger partial charge is 0.240 e. The molecule has 3 rings (SSSR count). The Morgan fingerprint density at radius 3 is 2.41 bits per heavy atom. The third kappa shape index (κ3) is 7.23. The molecule has 0 saturated carbocycles. The molecule has 1 aromatic heterocycles. The van der Waals surface area contributed by atoms with Crippen molar-refractivity contribution in [3.63, 3.8) is 0 Å². The van der Waals surface area contributed by atoms with E-state index in [9.17, 15) is 17.6 Å². The number of aryl methyl sites for hydroxylation is 2.